The number of nitrogens with zero attached hydrogens (tertiary/aromatic N) is 1. The average molecular weight is 242 g/mol. The molecule has 1 aliphatic heterocycles. The number of nitrogens with one attached hydrogen (secondary N) is 1. The zero-order valence-corrected chi connectivity index (χ0v) is 10.4. The lowest BCUT2D eigenvalue weighted by Crippen LogP contribution is -2.46. The first-order valence-corrected chi connectivity index (χ1v) is 6.38. The highest BCUT2D eigenvalue weighted by Gasteiger charge is 2.33. The van der Waals surface area contributed by atoms with E-state index in [1.54, 1.807) is 4.90 Å². The van der Waals surface area contributed by atoms with Gasteiger partial charge < -0.3 is 15.3 Å². The lowest BCUT2D eigenvalue weighted by Gasteiger charge is -2.23. The third kappa shape index (κ3) is 4.00. The standard InChI is InChI=1S/C12H22N2O3/c1-2-5-11(16)14-8-3-6-10(14)12(17)13-7-4-9-15/h10,15H,2-9H2,1H3,(H,13,17). The van der Waals surface area contributed by atoms with Crippen LogP contribution in [-0.2, 0) is 9.59 Å². The van der Waals surface area contributed by atoms with Crippen molar-refractivity contribution in [2.75, 3.05) is 19.7 Å². The van der Waals surface area contributed by atoms with Gasteiger partial charge in [-0.25, -0.2) is 0 Å². The highest BCUT2D eigenvalue weighted by atomic mass is 16.3. The van der Waals surface area contributed by atoms with Crippen molar-refractivity contribution in [3.8, 4) is 0 Å². The molecular formula is C12H22N2O3. The van der Waals surface area contributed by atoms with E-state index in [4.69, 9.17) is 5.11 Å². The second-order valence-electron chi connectivity index (χ2n) is 4.36. The van der Waals surface area contributed by atoms with Crippen molar-refractivity contribution in [2.45, 2.75) is 45.1 Å². The summed E-state index contributed by atoms with van der Waals surface area (Å²) in [5.41, 5.74) is 0. The van der Waals surface area contributed by atoms with E-state index in [9.17, 15) is 9.59 Å². The maximum atomic E-state index is 11.9. The van der Waals surface area contributed by atoms with Crippen molar-refractivity contribution in [3.05, 3.63) is 0 Å². The second-order valence-corrected chi connectivity index (χ2v) is 4.36. The van der Waals surface area contributed by atoms with Crippen LogP contribution in [0.2, 0.25) is 0 Å². The van der Waals surface area contributed by atoms with Crippen molar-refractivity contribution in [2.24, 2.45) is 0 Å². The van der Waals surface area contributed by atoms with E-state index in [1.165, 1.54) is 0 Å². The maximum absolute atomic E-state index is 11.9. The molecule has 1 fully saturated rings. The maximum Gasteiger partial charge on any atom is 0.242 e. The van der Waals surface area contributed by atoms with E-state index in [0.29, 0.717) is 25.9 Å². The van der Waals surface area contributed by atoms with E-state index < -0.39 is 0 Å². The molecule has 5 nitrogen and oxygen atoms in total. The highest BCUT2D eigenvalue weighted by molar-refractivity contribution is 5.88. The van der Waals surface area contributed by atoms with Gasteiger partial charge in [0.05, 0.1) is 0 Å². The molecule has 98 valence electrons. The van der Waals surface area contributed by atoms with Crippen LogP contribution < -0.4 is 5.32 Å². The number of carbonyl (C=O) groups excluding carboxylic acids is 2. The van der Waals surface area contributed by atoms with Crippen LogP contribution in [0.15, 0.2) is 0 Å². The molecule has 5 heteroatoms. The second kappa shape index (κ2) is 7.27. The van der Waals surface area contributed by atoms with Crippen LogP contribution in [0.3, 0.4) is 0 Å². The van der Waals surface area contributed by atoms with Gasteiger partial charge in [-0.15, -0.1) is 0 Å². The molecule has 1 atom stereocenters. The molecule has 0 saturated carbocycles. The molecule has 1 saturated heterocycles. The zero-order valence-electron chi connectivity index (χ0n) is 10.4. The molecule has 0 aliphatic carbocycles. The topological polar surface area (TPSA) is 69.6 Å². The Balaban J connectivity index is 2.44. The average Bonchev–Trinajstić information content (AvgIpc) is 2.78. The molecule has 1 unspecified atom stereocenters. The Hall–Kier alpha value is -1.10. The van der Waals surface area contributed by atoms with Crippen molar-refractivity contribution < 1.29 is 14.7 Å². The lowest BCUT2D eigenvalue weighted by atomic mass is 10.2. The summed E-state index contributed by atoms with van der Waals surface area (Å²) in [6, 6.07) is -0.298. The normalized spacial score (nSPS) is 19.4. The van der Waals surface area contributed by atoms with Gasteiger partial charge in [-0.1, -0.05) is 6.92 Å². The van der Waals surface area contributed by atoms with E-state index in [-0.39, 0.29) is 24.5 Å². The Kier molecular flexibility index (Phi) is 5.97. The van der Waals surface area contributed by atoms with Crippen LogP contribution in [-0.4, -0.2) is 47.6 Å². The lowest BCUT2D eigenvalue weighted by molar-refractivity contribution is -0.138. The Labute approximate surface area is 102 Å². The molecule has 0 spiro atoms. The number of likely N-dealkylation sites (tertiary alicyclic amines) is 1. The molecule has 1 rings (SSSR count). The number of rotatable bonds is 6. The summed E-state index contributed by atoms with van der Waals surface area (Å²) in [5, 5.41) is 11.4. The molecule has 17 heavy (non-hydrogen) atoms. The molecule has 0 aromatic carbocycles. The summed E-state index contributed by atoms with van der Waals surface area (Å²) in [4.78, 5) is 25.3. The third-order valence-corrected chi connectivity index (χ3v) is 2.97. The molecule has 1 aliphatic rings. The van der Waals surface area contributed by atoms with Gasteiger partial charge in [0.2, 0.25) is 11.8 Å². The van der Waals surface area contributed by atoms with E-state index in [2.05, 4.69) is 5.32 Å². The van der Waals surface area contributed by atoms with E-state index in [0.717, 1.165) is 19.3 Å². The number of hydrogen-bond donors (Lipinski definition) is 2. The summed E-state index contributed by atoms with van der Waals surface area (Å²) in [6.07, 6.45) is 3.53. The SMILES string of the molecule is CCCC(=O)N1CCCC1C(=O)NCCCO. The zero-order chi connectivity index (χ0) is 12.7. The van der Waals surface area contributed by atoms with Gasteiger partial charge >= 0.3 is 0 Å². The summed E-state index contributed by atoms with van der Waals surface area (Å²) >= 11 is 0. The van der Waals surface area contributed by atoms with Gasteiger partial charge in [-0.05, 0) is 25.7 Å². The van der Waals surface area contributed by atoms with Crippen LogP contribution in [0.25, 0.3) is 0 Å². The van der Waals surface area contributed by atoms with Crippen LogP contribution >= 0.6 is 0 Å². The Morgan fingerprint density at radius 3 is 2.88 bits per heavy atom. The number of carbonyl (C=O) groups is 2. The van der Waals surface area contributed by atoms with Crippen LogP contribution in [0.5, 0.6) is 0 Å². The molecule has 0 aromatic heterocycles. The predicted molar refractivity (Wildman–Crippen MR) is 64.4 cm³/mol. The molecule has 1 heterocycles. The summed E-state index contributed by atoms with van der Waals surface area (Å²) in [7, 11) is 0. The van der Waals surface area contributed by atoms with Crippen LogP contribution in [0, 0.1) is 0 Å². The van der Waals surface area contributed by atoms with Gasteiger partial charge in [0.15, 0.2) is 0 Å². The Morgan fingerprint density at radius 2 is 2.24 bits per heavy atom. The largest absolute Gasteiger partial charge is 0.396 e. The predicted octanol–water partition coefficient (Wildman–Crippen LogP) is 0.276. The fraction of sp³-hybridized carbons (Fsp3) is 0.833. The number of aliphatic hydroxyl groups excluding tert-OH is 1. The van der Waals surface area contributed by atoms with Gasteiger partial charge in [0, 0.05) is 26.1 Å². The van der Waals surface area contributed by atoms with Crippen LogP contribution in [0.1, 0.15) is 39.0 Å². The Bertz CT molecular complexity index is 268. The van der Waals surface area contributed by atoms with E-state index in [1.807, 2.05) is 6.92 Å². The third-order valence-electron chi connectivity index (χ3n) is 2.97. The van der Waals surface area contributed by atoms with Gasteiger partial charge in [-0.3, -0.25) is 9.59 Å². The number of aliphatic hydroxyl groups is 1. The molecule has 2 N–H and O–H groups in total. The Morgan fingerprint density at radius 1 is 1.47 bits per heavy atom. The fourth-order valence-electron chi connectivity index (χ4n) is 2.10. The molecule has 2 amide bonds. The van der Waals surface area contributed by atoms with Crippen molar-refractivity contribution in [1.82, 2.24) is 10.2 Å². The smallest absolute Gasteiger partial charge is 0.242 e. The monoisotopic (exact) mass is 242 g/mol. The molecule has 0 radical (unpaired) electrons. The van der Waals surface area contributed by atoms with Gasteiger partial charge in [0.1, 0.15) is 6.04 Å². The first-order chi connectivity index (χ1) is 8.20. The molecule has 0 bridgehead atoms. The minimum Gasteiger partial charge on any atom is -0.396 e. The van der Waals surface area contributed by atoms with Crippen molar-refractivity contribution in [3.63, 3.8) is 0 Å². The summed E-state index contributed by atoms with van der Waals surface area (Å²) in [5.74, 6) is -0.00675. The summed E-state index contributed by atoms with van der Waals surface area (Å²) in [6.45, 7) is 3.20. The van der Waals surface area contributed by atoms with Crippen molar-refractivity contribution >= 4 is 11.8 Å². The first-order valence-electron chi connectivity index (χ1n) is 6.38. The number of amides is 2. The van der Waals surface area contributed by atoms with Gasteiger partial charge in [0.25, 0.3) is 0 Å². The van der Waals surface area contributed by atoms with Crippen LogP contribution in [0.4, 0.5) is 0 Å². The molecule has 0 aromatic rings. The number of hydrogen-bond acceptors (Lipinski definition) is 3. The highest BCUT2D eigenvalue weighted by Crippen LogP contribution is 2.18. The minimum atomic E-state index is -0.298. The quantitative estimate of drug-likeness (QED) is 0.657. The van der Waals surface area contributed by atoms with Gasteiger partial charge in [-0.2, -0.15) is 0 Å². The van der Waals surface area contributed by atoms with E-state index >= 15 is 0 Å². The first kappa shape index (κ1) is 14.0. The molecular weight excluding hydrogens is 220 g/mol. The van der Waals surface area contributed by atoms with Crippen molar-refractivity contribution in [1.29, 1.82) is 0 Å². The minimum absolute atomic E-state index is 0.0728. The fourth-order valence-corrected chi connectivity index (χ4v) is 2.10. The summed E-state index contributed by atoms with van der Waals surface area (Å²) < 4.78 is 0.